The molecule has 0 saturated heterocycles. The van der Waals surface area contributed by atoms with Gasteiger partial charge < -0.3 is 14.8 Å². The predicted molar refractivity (Wildman–Crippen MR) is 143 cm³/mol. The van der Waals surface area contributed by atoms with Crippen molar-refractivity contribution in [1.82, 2.24) is 10.3 Å². The highest BCUT2D eigenvalue weighted by Crippen LogP contribution is 2.31. The second-order valence-electron chi connectivity index (χ2n) is 8.60. The van der Waals surface area contributed by atoms with Gasteiger partial charge >= 0.3 is 0 Å². The third kappa shape index (κ3) is 7.76. The van der Waals surface area contributed by atoms with Gasteiger partial charge in [-0.25, -0.2) is 18.9 Å². The molecule has 1 aliphatic rings. The number of amides is 1. The van der Waals surface area contributed by atoms with Gasteiger partial charge in [-0.15, -0.1) is 11.3 Å². The van der Waals surface area contributed by atoms with Crippen LogP contribution in [0.4, 0.5) is 5.69 Å². The minimum absolute atomic E-state index is 0.0311. The fraction of sp³-hybridized carbons (Fsp3) is 0.346. The van der Waals surface area contributed by atoms with Gasteiger partial charge in [-0.1, -0.05) is 19.1 Å². The molecular weight excluding hydrogens is 530 g/mol. The molecule has 202 valence electrons. The number of aromatic nitrogens is 1. The van der Waals surface area contributed by atoms with E-state index in [2.05, 4.69) is 20.1 Å². The highest BCUT2D eigenvalue weighted by Gasteiger charge is 2.20. The van der Waals surface area contributed by atoms with E-state index >= 15 is 0 Å². The number of nitrogens with zero attached hydrogens (tertiary/aromatic N) is 1. The maximum atomic E-state index is 12.9. The molecule has 4 rings (SSSR count). The van der Waals surface area contributed by atoms with Crippen LogP contribution in [0.1, 0.15) is 58.9 Å². The molecule has 10 nitrogen and oxygen atoms in total. The van der Waals surface area contributed by atoms with E-state index < -0.39 is 11.0 Å². The molecule has 1 aliphatic heterocycles. The number of thiazole rings is 1. The van der Waals surface area contributed by atoms with Gasteiger partial charge in [-0.05, 0) is 48.7 Å². The number of hydrogen-bond donors (Lipinski definition) is 3. The van der Waals surface area contributed by atoms with Crippen LogP contribution < -0.4 is 20.3 Å². The van der Waals surface area contributed by atoms with Crippen LogP contribution in [0.3, 0.4) is 0 Å². The summed E-state index contributed by atoms with van der Waals surface area (Å²) in [6.45, 7) is 3.11. The first-order valence-corrected chi connectivity index (χ1v) is 14.2. The van der Waals surface area contributed by atoms with Crippen LogP contribution in [0.5, 0.6) is 11.5 Å². The fourth-order valence-corrected chi connectivity index (χ4v) is 4.99. The zero-order chi connectivity index (χ0) is 26.9. The highest BCUT2D eigenvalue weighted by molar-refractivity contribution is 7.67. The Morgan fingerprint density at radius 1 is 1.08 bits per heavy atom. The Bertz CT molecular complexity index is 1330. The van der Waals surface area contributed by atoms with E-state index in [1.54, 1.807) is 30.3 Å². The van der Waals surface area contributed by atoms with E-state index in [9.17, 15) is 18.0 Å². The van der Waals surface area contributed by atoms with E-state index in [0.717, 1.165) is 29.1 Å². The summed E-state index contributed by atoms with van der Waals surface area (Å²) in [5.41, 5.74) is 5.14. The average Bonchev–Trinajstić information content (AvgIpc) is 3.28. The van der Waals surface area contributed by atoms with Gasteiger partial charge in [0.2, 0.25) is 5.91 Å². The molecule has 38 heavy (non-hydrogen) atoms. The van der Waals surface area contributed by atoms with Gasteiger partial charge in [0.05, 0.1) is 30.6 Å². The number of benzene rings is 2. The minimum Gasteiger partial charge on any atom is -0.490 e. The Balaban J connectivity index is 1.38. The number of aryl methyl sites for hydroxylation is 1. The van der Waals surface area contributed by atoms with E-state index in [1.807, 2.05) is 24.4 Å². The maximum Gasteiger partial charge on any atom is 0.277 e. The molecule has 0 bridgehead atoms. The lowest BCUT2D eigenvalue weighted by atomic mass is 10.0. The Labute approximate surface area is 226 Å². The minimum atomic E-state index is -3.01. The molecule has 0 radical (unpaired) electrons. The second-order valence-corrected chi connectivity index (χ2v) is 10.1. The number of nitrogens with one attached hydrogen (secondary N) is 2. The molecule has 0 spiro atoms. The Kier molecular flexibility index (Phi) is 9.68. The van der Waals surface area contributed by atoms with Crippen LogP contribution >= 0.6 is 11.3 Å². The van der Waals surface area contributed by atoms with Crippen molar-refractivity contribution in [3.8, 4) is 11.5 Å². The molecule has 1 atom stereocenters. The van der Waals surface area contributed by atoms with Crippen molar-refractivity contribution in [1.29, 1.82) is 0 Å². The molecular formula is C26H29N3O7S2. The van der Waals surface area contributed by atoms with Crippen molar-refractivity contribution in [3.63, 3.8) is 0 Å². The lowest BCUT2D eigenvalue weighted by Gasteiger charge is -2.17. The third-order valence-electron chi connectivity index (χ3n) is 5.85. The molecule has 3 aromatic rings. The molecule has 0 saturated carbocycles. The zero-order valence-electron chi connectivity index (χ0n) is 20.8. The van der Waals surface area contributed by atoms with E-state index in [0.29, 0.717) is 42.4 Å². The van der Waals surface area contributed by atoms with Crippen LogP contribution in [-0.2, 0) is 32.9 Å². The Morgan fingerprint density at radius 3 is 2.55 bits per heavy atom. The van der Waals surface area contributed by atoms with Crippen molar-refractivity contribution in [3.05, 3.63) is 69.7 Å². The topological polar surface area (TPSA) is 133 Å². The van der Waals surface area contributed by atoms with E-state index in [-0.39, 0.29) is 30.6 Å². The number of Topliss-reactive ketones (excluding diaryl/α,β-unsaturated/α-hetero) is 1. The quantitative estimate of drug-likeness (QED) is 0.172. The molecule has 1 aromatic heterocycles. The van der Waals surface area contributed by atoms with Crippen molar-refractivity contribution < 1.29 is 31.8 Å². The highest BCUT2D eigenvalue weighted by atomic mass is 32.2. The van der Waals surface area contributed by atoms with Crippen LogP contribution in [0.2, 0.25) is 0 Å². The van der Waals surface area contributed by atoms with Gasteiger partial charge in [0.1, 0.15) is 5.01 Å². The summed E-state index contributed by atoms with van der Waals surface area (Å²) >= 11 is 1.48. The van der Waals surface area contributed by atoms with Crippen molar-refractivity contribution in [2.24, 2.45) is 0 Å². The zero-order valence-corrected chi connectivity index (χ0v) is 22.5. The van der Waals surface area contributed by atoms with Crippen LogP contribution in [-0.4, -0.2) is 38.3 Å². The molecule has 2 N–H and O–H groups in total. The van der Waals surface area contributed by atoms with Crippen LogP contribution in [0.25, 0.3) is 0 Å². The average molecular weight is 560 g/mol. The monoisotopic (exact) mass is 559 g/mol. The number of thiol groups is 1. The van der Waals surface area contributed by atoms with Crippen LogP contribution in [0.15, 0.2) is 47.8 Å². The van der Waals surface area contributed by atoms with Gasteiger partial charge in [0.25, 0.3) is 11.0 Å². The summed E-state index contributed by atoms with van der Waals surface area (Å²) in [7, 11) is -3.01. The van der Waals surface area contributed by atoms with Crippen molar-refractivity contribution in [2.75, 3.05) is 18.7 Å². The van der Waals surface area contributed by atoms with Gasteiger partial charge in [0.15, 0.2) is 17.3 Å². The summed E-state index contributed by atoms with van der Waals surface area (Å²) in [4.78, 5) is 30.3. The van der Waals surface area contributed by atoms with Crippen molar-refractivity contribution in [2.45, 2.75) is 45.1 Å². The summed E-state index contributed by atoms with van der Waals surface area (Å²) < 4.78 is 36.9. The molecule has 1 amide bonds. The summed E-state index contributed by atoms with van der Waals surface area (Å²) in [5, 5.41) is 5.78. The summed E-state index contributed by atoms with van der Waals surface area (Å²) in [6, 6.07) is 11.7. The van der Waals surface area contributed by atoms with E-state index in [4.69, 9.17) is 9.47 Å². The first-order chi connectivity index (χ1) is 18.4. The molecule has 0 aliphatic carbocycles. The fourth-order valence-electron chi connectivity index (χ4n) is 3.85. The SMILES string of the molecule is CCc1csc([C@H](Cc2ccc(NO[SH](=O)=O)cc2)NC(=O)CCC(=O)c2ccc3c(c2)OCCCO3)n1. The first kappa shape index (κ1) is 27.6. The number of hydrogen-bond acceptors (Lipinski definition) is 10. The number of fused-ring (bicyclic) bond motifs is 1. The number of ether oxygens (including phenoxy) is 2. The van der Waals surface area contributed by atoms with Gasteiger partial charge in [-0.2, -0.15) is 4.28 Å². The summed E-state index contributed by atoms with van der Waals surface area (Å²) in [6.07, 6.45) is 2.11. The second kappa shape index (κ2) is 13.4. The lowest BCUT2D eigenvalue weighted by molar-refractivity contribution is -0.121. The number of carbonyl (C=O) groups is 2. The normalized spacial score (nSPS) is 13.5. The van der Waals surface area contributed by atoms with Crippen molar-refractivity contribution >= 4 is 39.7 Å². The van der Waals surface area contributed by atoms with Crippen LogP contribution in [0, 0.1) is 0 Å². The number of carbonyl (C=O) groups excluding carboxylic acids is 2. The predicted octanol–water partition coefficient (Wildman–Crippen LogP) is 3.80. The molecule has 2 aromatic carbocycles. The molecule has 0 fully saturated rings. The van der Waals surface area contributed by atoms with E-state index in [1.165, 1.54) is 11.3 Å². The number of rotatable bonds is 12. The maximum absolute atomic E-state index is 12.9. The standard InChI is InChI=1S/C26H29N3O7S2/c1-2-19-16-37-26(27-19)21(14-17-4-7-20(8-5-17)29-36-38(32)33)28-25(31)11-9-22(30)18-6-10-23-24(15-18)35-13-3-12-34-23/h4-8,10,15-16,21,29,38H,2-3,9,11-14H2,1H3,(H,28,31)/t21-/m0/s1. The largest absolute Gasteiger partial charge is 0.490 e. The Morgan fingerprint density at radius 2 is 1.84 bits per heavy atom. The molecule has 12 heteroatoms. The molecule has 0 unspecified atom stereocenters. The third-order valence-corrected chi connectivity index (χ3v) is 7.09. The lowest BCUT2D eigenvalue weighted by Crippen LogP contribution is -2.30. The van der Waals surface area contributed by atoms with Gasteiger partial charge in [0, 0.05) is 30.2 Å². The smallest absolute Gasteiger partial charge is 0.277 e. The summed E-state index contributed by atoms with van der Waals surface area (Å²) in [5.74, 6) is 0.756. The number of anilines is 1. The Hall–Kier alpha value is -3.48. The number of ketones is 1. The van der Waals surface area contributed by atoms with Gasteiger partial charge in [-0.3, -0.25) is 9.59 Å². The molecule has 2 heterocycles. The first-order valence-electron chi connectivity index (χ1n) is 12.2.